The summed E-state index contributed by atoms with van der Waals surface area (Å²) in [7, 11) is 0. The Kier molecular flexibility index (Phi) is 5.13. The Morgan fingerprint density at radius 2 is 2.00 bits per heavy atom. The maximum Gasteiger partial charge on any atom is 0.305 e. The maximum absolute atomic E-state index is 12.9. The molecular formula is C18H19FN2O3S. The van der Waals surface area contributed by atoms with Crippen molar-refractivity contribution in [2.75, 3.05) is 0 Å². The Hall–Kier alpha value is -2.28. The lowest BCUT2D eigenvalue weighted by Crippen LogP contribution is -2.55. The van der Waals surface area contributed by atoms with Crippen molar-refractivity contribution < 1.29 is 19.1 Å². The van der Waals surface area contributed by atoms with Gasteiger partial charge in [0.25, 0.3) is 0 Å². The van der Waals surface area contributed by atoms with Gasteiger partial charge < -0.3 is 10.4 Å². The number of nitrogens with zero attached hydrogens (tertiary/aromatic N) is 1. The van der Waals surface area contributed by atoms with Crippen LogP contribution in [0.25, 0.3) is 0 Å². The fourth-order valence-electron chi connectivity index (χ4n) is 3.03. The maximum atomic E-state index is 12.9. The third-order valence-corrected chi connectivity index (χ3v) is 5.31. The van der Waals surface area contributed by atoms with Crippen molar-refractivity contribution in [1.82, 2.24) is 10.3 Å². The van der Waals surface area contributed by atoms with Crippen LogP contribution in [-0.4, -0.2) is 27.5 Å². The number of amides is 1. The summed E-state index contributed by atoms with van der Waals surface area (Å²) in [5, 5.41) is 14.6. The van der Waals surface area contributed by atoms with E-state index in [0.717, 1.165) is 17.0 Å². The average Bonchev–Trinajstić information content (AvgIpc) is 2.94. The molecule has 0 saturated heterocycles. The van der Waals surface area contributed by atoms with Gasteiger partial charge in [0.15, 0.2) is 0 Å². The van der Waals surface area contributed by atoms with E-state index in [4.69, 9.17) is 5.11 Å². The SMILES string of the molecule is O=C(O)CC1(NC(=O)Cc2csc(Cc3ccc(F)cc3)n2)CCC1. The molecule has 7 heteroatoms. The highest BCUT2D eigenvalue weighted by molar-refractivity contribution is 7.09. The molecular weight excluding hydrogens is 343 g/mol. The van der Waals surface area contributed by atoms with Crippen LogP contribution in [0.5, 0.6) is 0 Å². The normalized spacial score (nSPS) is 15.4. The van der Waals surface area contributed by atoms with Crippen LogP contribution in [0, 0.1) is 5.82 Å². The van der Waals surface area contributed by atoms with Gasteiger partial charge in [-0.15, -0.1) is 11.3 Å². The van der Waals surface area contributed by atoms with Crippen molar-refractivity contribution in [3.8, 4) is 0 Å². The molecule has 2 aromatic rings. The fourth-order valence-corrected chi connectivity index (χ4v) is 3.86. The molecule has 1 saturated carbocycles. The summed E-state index contributed by atoms with van der Waals surface area (Å²) in [4.78, 5) is 27.6. The number of carbonyl (C=O) groups excluding carboxylic acids is 1. The number of halogens is 1. The minimum absolute atomic E-state index is 0.0361. The lowest BCUT2D eigenvalue weighted by atomic mass is 9.74. The fraction of sp³-hybridized carbons (Fsp3) is 0.389. The summed E-state index contributed by atoms with van der Waals surface area (Å²) in [6, 6.07) is 6.26. The topological polar surface area (TPSA) is 79.3 Å². The number of aliphatic carboxylic acids is 1. The number of hydrogen-bond donors (Lipinski definition) is 2. The standard InChI is InChI=1S/C18H19FN2O3S/c19-13-4-2-12(3-5-13)8-16-20-14(11-25-16)9-15(22)21-18(6-1-7-18)10-17(23)24/h2-5,11H,1,6-10H2,(H,21,22)(H,23,24). The van der Waals surface area contributed by atoms with Crippen LogP contribution in [0.15, 0.2) is 29.6 Å². The average molecular weight is 362 g/mol. The molecule has 0 unspecified atom stereocenters. The van der Waals surface area contributed by atoms with Crippen molar-refractivity contribution in [2.45, 2.75) is 44.1 Å². The van der Waals surface area contributed by atoms with Crippen LogP contribution in [0.1, 0.15) is 41.9 Å². The molecule has 0 aliphatic heterocycles. The smallest absolute Gasteiger partial charge is 0.305 e. The Labute approximate surface area is 148 Å². The van der Waals surface area contributed by atoms with Crippen LogP contribution in [-0.2, 0) is 22.4 Å². The number of aromatic nitrogens is 1. The summed E-state index contributed by atoms with van der Waals surface area (Å²) < 4.78 is 12.9. The first-order valence-electron chi connectivity index (χ1n) is 8.15. The van der Waals surface area contributed by atoms with Gasteiger partial charge in [0, 0.05) is 11.8 Å². The van der Waals surface area contributed by atoms with Gasteiger partial charge in [-0.1, -0.05) is 12.1 Å². The predicted octanol–water partition coefficient (Wildman–Crippen LogP) is 2.93. The zero-order valence-electron chi connectivity index (χ0n) is 13.6. The monoisotopic (exact) mass is 362 g/mol. The van der Waals surface area contributed by atoms with Gasteiger partial charge in [0.1, 0.15) is 5.82 Å². The van der Waals surface area contributed by atoms with E-state index in [2.05, 4.69) is 10.3 Å². The highest BCUT2D eigenvalue weighted by Crippen LogP contribution is 2.35. The summed E-state index contributed by atoms with van der Waals surface area (Å²) in [6.07, 6.45) is 3.05. The molecule has 1 fully saturated rings. The van der Waals surface area contributed by atoms with Gasteiger partial charge in [-0.25, -0.2) is 9.37 Å². The summed E-state index contributed by atoms with van der Waals surface area (Å²) in [5.41, 5.74) is 1.04. The van der Waals surface area contributed by atoms with E-state index >= 15 is 0 Å². The highest BCUT2D eigenvalue weighted by Gasteiger charge is 2.40. The second-order valence-corrected chi connectivity index (χ2v) is 7.41. The molecule has 3 rings (SSSR count). The Morgan fingerprint density at radius 3 is 2.60 bits per heavy atom. The first kappa shape index (κ1) is 17.5. The minimum atomic E-state index is -0.893. The van der Waals surface area contributed by atoms with Crippen LogP contribution in [0.4, 0.5) is 4.39 Å². The highest BCUT2D eigenvalue weighted by atomic mass is 32.1. The van der Waals surface area contributed by atoms with Crippen LogP contribution in [0.2, 0.25) is 0 Å². The van der Waals surface area contributed by atoms with E-state index in [9.17, 15) is 14.0 Å². The van der Waals surface area contributed by atoms with Crippen LogP contribution in [0.3, 0.4) is 0 Å². The molecule has 1 aromatic carbocycles. The molecule has 1 aliphatic rings. The number of carbonyl (C=O) groups is 2. The summed E-state index contributed by atoms with van der Waals surface area (Å²) in [6.45, 7) is 0. The second kappa shape index (κ2) is 7.31. The molecule has 0 spiro atoms. The van der Waals surface area contributed by atoms with Gasteiger partial charge in [-0.05, 0) is 37.0 Å². The molecule has 1 heterocycles. The van der Waals surface area contributed by atoms with E-state index in [-0.39, 0.29) is 24.6 Å². The molecule has 0 atom stereocenters. The van der Waals surface area contributed by atoms with Crippen LogP contribution < -0.4 is 5.32 Å². The predicted molar refractivity (Wildman–Crippen MR) is 92.0 cm³/mol. The second-order valence-electron chi connectivity index (χ2n) is 6.47. The van der Waals surface area contributed by atoms with Gasteiger partial charge in [-0.3, -0.25) is 9.59 Å². The van der Waals surface area contributed by atoms with Crippen molar-refractivity contribution in [3.63, 3.8) is 0 Å². The lowest BCUT2D eigenvalue weighted by Gasteiger charge is -2.41. The van der Waals surface area contributed by atoms with Crippen molar-refractivity contribution >= 4 is 23.2 Å². The van der Waals surface area contributed by atoms with Gasteiger partial charge in [0.2, 0.25) is 5.91 Å². The van der Waals surface area contributed by atoms with Gasteiger partial charge >= 0.3 is 5.97 Å². The zero-order valence-corrected chi connectivity index (χ0v) is 14.4. The number of nitrogens with one attached hydrogen (secondary N) is 1. The third kappa shape index (κ3) is 4.63. The van der Waals surface area contributed by atoms with E-state index in [1.165, 1.54) is 23.5 Å². The van der Waals surface area contributed by atoms with Gasteiger partial charge in [-0.2, -0.15) is 0 Å². The first-order chi connectivity index (χ1) is 11.9. The zero-order chi connectivity index (χ0) is 17.9. The molecule has 1 amide bonds. The van der Waals surface area contributed by atoms with Crippen molar-refractivity contribution in [1.29, 1.82) is 0 Å². The number of hydrogen-bond acceptors (Lipinski definition) is 4. The molecule has 132 valence electrons. The molecule has 5 nitrogen and oxygen atoms in total. The number of thiazole rings is 1. The number of benzene rings is 1. The summed E-state index contributed by atoms with van der Waals surface area (Å²) in [5.74, 6) is -1.36. The summed E-state index contributed by atoms with van der Waals surface area (Å²) >= 11 is 1.46. The van der Waals surface area contributed by atoms with E-state index in [1.807, 2.05) is 5.38 Å². The first-order valence-corrected chi connectivity index (χ1v) is 9.03. The van der Waals surface area contributed by atoms with E-state index < -0.39 is 11.5 Å². The van der Waals surface area contributed by atoms with Crippen molar-refractivity contribution in [3.05, 3.63) is 51.7 Å². The minimum Gasteiger partial charge on any atom is -0.481 e. The molecule has 1 aromatic heterocycles. The lowest BCUT2D eigenvalue weighted by molar-refractivity contribution is -0.140. The van der Waals surface area contributed by atoms with E-state index in [1.54, 1.807) is 12.1 Å². The third-order valence-electron chi connectivity index (χ3n) is 4.41. The molecule has 25 heavy (non-hydrogen) atoms. The molecule has 2 N–H and O–H groups in total. The Balaban J connectivity index is 1.56. The number of carboxylic acids is 1. The number of carboxylic acid groups (broad SMARTS) is 1. The Morgan fingerprint density at radius 1 is 1.28 bits per heavy atom. The quantitative estimate of drug-likeness (QED) is 0.794. The Bertz CT molecular complexity index is 769. The number of rotatable bonds is 7. The van der Waals surface area contributed by atoms with Gasteiger partial charge in [0.05, 0.1) is 29.1 Å². The van der Waals surface area contributed by atoms with E-state index in [0.29, 0.717) is 25.0 Å². The van der Waals surface area contributed by atoms with Crippen LogP contribution >= 0.6 is 11.3 Å². The molecule has 0 radical (unpaired) electrons. The largest absolute Gasteiger partial charge is 0.481 e. The van der Waals surface area contributed by atoms with Crippen molar-refractivity contribution in [2.24, 2.45) is 0 Å². The molecule has 0 bridgehead atoms. The molecule has 1 aliphatic carbocycles.